The van der Waals surface area contributed by atoms with Gasteiger partial charge >= 0.3 is 0 Å². The van der Waals surface area contributed by atoms with Gasteiger partial charge in [-0.05, 0) is 48.4 Å². The lowest BCUT2D eigenvalue weighted by Gasteiger charge is -2.10. The predicted octanol–water partition coefficient (Wildman–Crippen LogP) is 4.07. The van der Waals surface area contributed by atoms with Gasteiger partial charge in [-0.25, -0.2) is 4.39 Å². The Morgan fingerprint density at radius 1 is 1.22 bits per heavy atom. The van der Waals surface area contributed by atoms with Crippen LogP contribution in [0, 0.1) is 12.7 Å². The molecule has 0 fully saturated rings. The van der Waals surface area contributed by atoms with E-state index >= 15 is 0 Å². The molecule has 0 aliphatic heterocycles. The molecular weight excluding hydrogens is 255 g/mol. The third-order valence-electron chi connectivity index (χ3n) is 2.56. The number of hydrogen-bond acceptors (Lipinski definition) is 2. The van der Waals surface area contributed by atoms with Crippen LogP contribution in [0.3, 0.4) is 0 Å². The van der Waals surface area contributed by atoms with E-state index in [-0.39, 0.29) is 12.4 Å². The summed E-state index contributed by atoms with van der Waals surface area (Å²) >= 11 is 5.96. The van der Waals surface area contributed by atoms with Crippen molar-refractivity contribution in [2.24, 2.45) is 0 Å². The van der Waals surface area contributed by atoms with Crippen LogP contribution in [-0.2, 0) is 6.61 Å². The molecular formula is C14H12ClFO2. The molecule has 0 saturated carbocycles. The summed E-state index contributed by atoms with van der Waals surface area (Å²) in [6, 6.07) is 9.33. The van der Waals surface area contributed by atoms with Crippen LogP contribution in [0.25, 0.3) is 0 Å². The molecule has 94 valence electrons. The first-order valence-electron chi connectivity index (χ1n) is 5.43. The zero-order valence-corrected chi connectivity index (χ0v) is 10.5. The predicted molar refractivity (Wildman–Crippen MR) is 68.6 cm³/mol. The highest BCUT2D eigenvalue weighted by Crippen LogP contribution is 2.29. The van der Waals surface area contributed by atoms with Crippen molar-refractivity contribution >= 4 is 11.6 Å². The molecule has 0 radical (unpaired) electrons. The van der Waals surface area contributed by atoms with Crippen molar-refractivity contribution in [1.29, 1.82) is 0 Å². The zero-order valence-electron chi connectivity index (χ0n) is 9.78. The Bertz CT molecular complexity index is 570. The smallest absolute Gasteiger partial charge is 0.130 e. The Labute approximate surface area is 110 Å². The van der Waals surface area contributed by atoms with Crippen molar-refractivity contribution in [3.8, 4) is 11.5 Å². The fourth-order valence-electron chi connectivity index (χ4n) is 1.57. The van der Waals surface area contributed by atoms with Crippen LogP contribution in [0.15, 0.2) is 36.4 Å². The molecule has 2 aromatic rings. The molecule has 0 spiro atoms. The maximum absolute atomic E-state index is 12.9. The van der Waals surface area contributed by atoms with Crippen LogP contribution in [0.4, 0.5) is 4.39 Å². The molecule has 0 atom stereocenters. The maximum Gasteiger partial charge on any atom is 0.130 e. The minimum atomic E-state index is -0.298. The van der Waals surface area contributed by atoms with Crippen LogP contribution in [0.5, 0.6) is 11.5 Å². The quantitative estimate of drug-likeness (QED) is 0.907. The maximum atomic E-state index is 12.9. The number of hydrogen-bond donors (Lipinski definition) is 1. The van der Waals surface area contributed by atoms with Gasteiger partial charge in [0.15, 0.2) is 0 Å². The fourth-order valence-corrected chi connectivity index (χ4v) is 1.80. The van der Waals surface area contributed by atoms with E-state index in [2.05, 4.69) is 0 Å². The molecule has 0 bridgehead atoms. The first kappa shape index (κ1) is 12.9. The normalized spacial score (nSPS) is 10.4. The number of halogens is 2. The molecule has 18 heavy (non-hydrogen) atoms. The van der Waals surface area contributed by atoms with Gasteiger partial charge in [-0.1, -0.05) is 17.7 Å². The Kier molecular flexibility index (Phi) is 3.84. The monoisotopic (exact) mass is 266 g/mol. The Morgan fingerprint density at radius 2 is 2.00 bits per heavy atom. The highest BCUT2D eigenvalue weighted by molar-refractivity contribution is 6.31. The van der Waals surface area contributed by atoms with E-state index in [1.807, 2.05) is 0 Å². The Balaban J connectivity index is 2.26. The Hall–Kier alpha value is -1.58. The standard InChI is InChI=1S/C14H12ClFO2/c1-9-6-11(16)3-5-14(9)18-12-4-2-10(8-17)13(15)7-12/h2-7,17H,8H2,1H3. The highest BCUT2D eigenvalue weighted by Gasteiger charge is 2.05. The summed E-state index contributed by atoms with van der Waals surface area (Å²) in [5, 5.41) is 9.45. The molecule has 1 N–H and O–H groups in total. The van der Waals surface area contributed by atoms with Crippen molar-refractivity contribution in [3.63, 3.8) is 0 Å². The van der Waals surface area contributed by atoms with Crippen molar-refractivity contribution in [2.45, 2.75) is 13.5 Å². The summed E-state index contributed by atoms with van der Waals surface area (Å²) in [6.45, 7) is 1.65. The number of rotatable bonds is 3. The zero-order chi connectivity index (χ0) is 13.1. The second-order valence-electron chi connectivity index (χ2n) is 3.92. The van der Waals surface area contributed by atoms with Crippen LogP contribution in [-0.4, -0.2) is 5.11 Å². The van der Waals surface area contributed by atoms with Crippen LogP contribution in [0.2, 0.25) is 5.02 Å². The molecule has 0 amide bonds. The van der Waals surface area contributed by atoms with Gasteiger partial charge in [0.2, 0.25) is 0 Å². The molecule has 2 nitrogen and oxygen atoms in total. The van der Waals surface area contributed by atoms with Gasteiger partial charge < -0.3 is 9.84 Å². The van der Waals surface area contributed by atoms with E-state index < -0.39 is 0 Å². The molecule has 2 rings (SSSR count). The molecule has 4 heteroatoms. The van der Waals surface area contributed by atoms with Crippen molar-refractivity contribution in [2.75, 3.05) is 0 Å². The molecule has 2 aromatic carbocycles. The minimum Gasteiger partial charge on any atom is -0.457 e. The SMILES string of the molecule is Cc1cc(F)ccc1Oc1ccc(CO)c(Cl)c1. The topological polar surface area (TPSA) is 29.5 Å². The van der Waals surface area contributed by atoms with E-state index in [1.54, 1.807) is 31.2 Å². The van der Waals surface area contributed by atoms with Gasteiger partial charge in [-0.15, -0.1) is 0 Å². The average Bonchev–Trinajstić information content (AvgIpc) is 2.33. The molecule has 0 unspecified atom stereocenters. The molecule has 0 aromatic heterocycles. The fraction of sp³-hybridized carbons (Fsp3) is 0.143. The first-order valence-corrected chi connectivity index (χ1v) is 5.81. The number of aliphatic hydroxyl groups excluding tert-OH is 1. The molecule has 0 aliphatic rings. The second-order valence-corrected chi connectivity index (χ2v) is 4.33. The minimum absolute atomic E-state index is 0.116. The second kappa shape index (κ2) is 5.38. The van der Waals surface area contributed by atoms with E-state index in [9.17, 15) is 4.39 Å². The van der Waals surface area contributed by atoms with Gasteiger partial charge in [0.25, 0.3) is 0 Å². The Morgan fingerprint density at radius 3 is 2.61 bits per heavy atom. The van der Waals surface area contributed by atoms with E-state index in [4.69, 9.17) is 21.4 Å². The van der Waals surface area contributed by atoms with Gasteiger partial charge in [-0.2, -0.15) is 0 Å². The van der Waals surface area contributed by atoms with E-state index in [0.717, 1.165) is 0 Å². The summed E-state index contributed by atoms with van der Waals surface area (Å²) in [7, 11) is 0. The largest absolute Gasteiger partial charge is 0.457 e. The summed E-state index contributed by atoms with van der Waals surface area (Å²) in [5.74, 6) is 0.824. The first-order chi connectivity index (χ1) is 8.60. The summed E-state index contributed by atoms with van der Waals surface area (Å²) in [5.41, 5.74) is 1.34. The molecule has 0 aliphatic carbocycles. The lowest BCUT2D eigenvalue weighted by Crippen LogP contribution is -1.90. The lowest BCUT2D eigenvalue weighted by molar-refractivity contribution is 0.282. The summed E-state index contributed by atoms with van der Waals surface area (Å²) in [4.78, 5) is 0. The number of aryl methyl sites for hydroxylation is 1. The number of benzene rings is 2. The van der Waals surface area contributed by atoms with Gasteiger partial charge in [0.05, 0.1) is 6.61 Å². The third kappa shape index (κ3) is 2.81. The highest BCUT2D eigenvalue weighted by atomic mass is 35.5. The van der Waals surface area contributed by atoms with Crippen molar-refractivity contribution < 1.29 is 14.2 Å². The van der Waals surface area contributed by atoms with E-state index in [1.165, 1.54) is 12.1 Å². The van der Waals surface area contributed by atoms with Crippen molar-refractivity contribution in [1.82, 2.24) is 0 Å². The van der Waals surface area contributed by atoms with Gasteiger partial charge in [-0.3, -0.25) is 0 Å². The van der Waals surface area contributed by atoms with Crippen LogP contribution >= 0.6 is 11.6 Å². The van der Waals surface area contributed by atoms with E-state index in [0.29, 0.717) is 27.6 Å². The van der Waals surface area contributed by atoms with Crippen LogP contribution in [0.1, 0.15) is 11.1 Å². The van der Waals surface area contributed by atoms with Gasteiger partial charge in [0, 0.05) is 5.02 Å². The summed E-state index contributed by atoms with van der Waals surface area (Å²) < 4.78 is 18.6. The molecule has 0 heterocycles. The summed E-state index contributed by atoms with van der Waals surface area (Å²) in [6.07, 6.45) is 0. The number of aliphatic hydroxyl groups is 1. The lowest BCUT2D eigenvalue weighted by atomic mass is 10.2. The van der Waals surface area contributed by atoms with Crippen LogP contribution < -0.4 is 4.74 Å². The molecule has 0 saturated heterocycles. The van der Waals surface area contributed by atoms with Crippen molar-refractivity contribution in [3.05, 3.63) is 58.4 Å². The third-order valence-corrected chi connectivity index (χ3v) is 2.91. The number of ether oxygens (including phenoxy) is 1. The average molecular weight is 267 g/mol. The van der Waals surface area contributed by atoms with Gasteiger partial charge in [0.1, 0.15) is 17.3 Å².